The topological polar surface area (TPSA) is 20.3 Å². The third-order valence-electron chi connectivity index (χ3n) is 2.70. The zero-order valence-corrected chi connectivity index (χ0v) is 11.6. The summed E-state index contributed by atoms with van der Waals surface area (Å²) in [4.78, 5) is 13.8. The highest BCUT2D eigenvalue weighted by Gasteiger charge is 2.13. The number of carbonyl (C=O) groups is 1. The molecule has 0 aliphatic carbocycles. The molecule has 0 aliphatic rings. The van der Waals surface area contributed by atoms with Crippen LogP contribution in [-0.4, -0.2) is 24.4 Å². The van der Waals surface area contributed by atoms with Crippen molar-refractivity contribution in [2.75, 3.05) is 13.6 Å². The third-order valence-corrected chi connectivity index (χ3v) is 3.19. The largest absolute Gasteiger partial charge is 0.341 e. The highest BCUT2D eigenvalue weighted by atomic mass is 79.9. The van der Waals surface area contributed by atoms with Crippen LogP contribution in [0.25, 0.3) is 0 Å². The first-order valence-electron chi connectivity index (χ1n) is 5.55. The van der Waals surface area contributed by atoms with Crippen LogP contribution >= 0.6 is 15.9 Å². The number of halogens is 1. The average molecular weight is 284 g/mol. The van der Waals surface area contributed by atoms with E-state index in [-0.39, 0.29) is 5.91 Å². The summed E-state index contributed by atoms with van der Waals surface area (Å²) in [6.45, 7) is 5.11. The molecule has 0 aromatic heterocycles. The summed E-state index contributed by atoms with van der Waals surface area (Å²) < 4.78 is 0.940. The van der Waals surface area contributed by atoms with Crippen molar-refractivity contribution in [3.8, 4) is 0 Å². The molecule has 3 heteroatoms. The Bertz CT molecular complexity index is 365. The van der Waals surface area contributed by atoms with Crippen molar-refractivity contribution < 1.29 is 4.79 Å². The van der Waals surface area contributed by atoms with Crippen LogP contribution in [0, 0.1) is 5.92 Å². The van der Waals surface area contributed by atoms with Gasteiger partial charge in [-0.3, -0.25) is 4.79 Å². The smallest absolute Gasteiger partial charge is 0.253 e. The summed E-state index contributed by atoms with van der Waals surface area (Å²) in [5.74, 6) is 0.628. The quantitative estimate of drug-likeness (QED) is 0.827. The Hall–Kier alpha value is -0.830. The number of nitrogens with zero attached hydrogens (tertiary/aromatic N) is 1. The lowest BCUT2D eigenvalue weighted by Crippen LogP contribution is -2.30. The van der Waals surface area contributed by atoms with Crippen molar-refractivity contribution in [3.05, 3.63) is 34.3 Å². The molecule has 1 aromatic carbocycles. The van der Waals surface area contributed by atoms with Gasteiger partial charge in [0, 0.05) is 23.6 Å². The van der Waals surface area contributed by atoms with Crippen LogP contribution in [0.3, 0.4) is 0 Å². The molecule has 88 valence electrons. The Morgan fingerprint density at radius 2 is 2.19 bits per heavy atom. The predicted octanol–water partition coefficient (Wildman–Crippen LogP) is 3.57. The SMILES string of the molecule is CCC(C)CN(C)C(=O)c1cccc(Br)c1. The van der Waals surface area contributed by atoms with Crippen LogP contribution in [0.2, 0.25) is 0 Å². The lowest BCUT2D eigenvalue weighted by molar-refractivity contribution is 0.0775. The molecule has 1 unspecified atom stereocenters. The van der Waals surface area contributed by atoms with Gasteiger partial charge in [0.2, 0.25) is 0 Å². The van der Waals surface area contributed by atoms with Gasteiger partial charge in [-0.15, -0.1) is 0 Å². The normalized spacial score (nSPS) is 12.2. The second kappa shape index (κ2) is 6.04. The van der Waals surface area contributed by atoms with Gasteiger partial charge in [-0.25, -0.2) is 0 Å². The van der Waals surface area contributed by atoms with Crippen LogP contribution < -0.4 is 0 Å². The second-order valence-electron chi connectivity index (χ2n) is 4.21. The molecule has 1 atom stereocenters. The molecule has 0 fully saturated rings. The average Bonchev–Trinajstić information content (AvgIpc) is 2.27. The zero-order valence-electron chi connectivity index (χ0n) is 10.0. The Morgan fingerprint density at radius 1 is 1.50 bits per heavy atom. The Balaban J connectivity index is 2.70. The summed E-state index contributed by atoms with van der Waals surface area (Å²) in [5, 5.41) is 0. The van der Waals surface area contributed by atoms with E-state index < -0.39 is 0 Å². The van der Waals surface area contributed by atoms with E-state index >= 15 is 0 Å². The fraction of sp³-hybridized carbons (Fsp3) is 0.462. The maximum Gasteiger partial charge on any atom is 0.253 e. The van der Waals surface area contributed by atoms with E-state index in [1.54, 1.807) is 4.90 Å². The molecule has 0 saturated carbocycles. The number of hydrogen-bond acceptors (Lipinski definition) is 1. The molecule has 16 heavy (non-hydrogen) atoms. The van der Waals surface area contributed by atoms with Crippen molar-refractivity contribution in [1.82, 2.24) is 4.90 Å². The lowest BCUT2D eigenvalue weighted by Gasteiger charge is -2.20. The first-order valence-corrected chi connectivity index (χ1v) is 6.35. The second-order valence-corrected chi connectivity index (χ2v) is 5.13. The monoisotopic (exact) mass is 283 g/mol. The molecule has 0 saturated heterocycles. The maximum absolute atomic E-state index is 12.1. The third kappa shape index (κ3) is 3.63. The minimum absolute atomic E-state index is 0.0848. The molecule has 0 heterocycles. The van der Waals surface area contributed by atoms with Crippen LogP contribution in [0.15, 0.2) is 28.7 Å². The molecule has 0 N–H and O–H groups in total. The van der Waals surface area contributed by atoms with Gasteiger partial charge in [-0.05, 0) is 24.1 Å². The molecule has 1 aromatic rings. The van der Waals surface area contributed by atoms with E-state index in [0.717, 1.165) is 23.0 Å². The van der Waals surface area contributed by atoms with Gasteiger partial charge in [-0.1, -0.05) is 42.3 Å². The minimum Gasteiger partial charge on any atom is -0.341 e. The number of carbonyl (C=O) groups excluding carboxylic acids is 1. The van der Waals surface area contributed by atoms with Crippen molar-refractivity contribution >= 4 is 21.8 Å². The van der Waals surface area contributed by atoms with E-state index in [0.29, 0.717) is 5.92 Å². The van der Waals surface area contributed by atoms with E-state index in [9.17, 15) is 4.79 Å². The Morgan fingerprint density at radius 3 is 2.75 bits per heavy atom. The first kappa shape index (κ1) is 13.2. The van der Waals surface area contributed by atoms with Gasteiger partial charge in [0.1, 0.15) is 0 Å². The van der Waals surface area contributed by atoms with Crippen molar-refractivity contribution in [2.45, 2.75) is 20.3 Å². The van der Waals surface area contributed by atoms with Gasteiger partial charge in [0.25, 0.3) is 5.91 Å². The standard InChI is InChI=1S/C13H18BrNO/c1-4-10(2)9-15(3)13(16)11-6-5-7-12(14)8-11/h5-8,10H,4,9H2,1-3H3. The van der Waals surface area contributed by atoms with E-state index in [4.69, 9.17) is 0 Å². The maximum atomic E-state index is 12.1. The fourth-order valence-electron chi connectivity index (χ4n) is 1.52. The molecule has 0 bridgehead atoms. The summed E-state index contributed by atoms with van der Waals surface area (Å²) in [6, 6.07) is 7.51. The lowest BCUT2D eigenvalue weighted by atomic mass is 10.1. The Labute approximate surface area is 106 Å². The van der Waals surface area contributed by atoms with Gasteiger partial charge in [0.15, 0.2) is 0 Å². The fourth-order valence-corrected chi connectivity index (χ4v) is 1.92. The molecule has 0 aliphatic heterocycles. The van der Waals surface area contributed by atoms with Crippen molar-refractivity contribution in [2.24, 2.45) is 5.92 Å². The molecular weight excluding hydrogens is 266 g/mol. The Kier molecular flexibility index (Phi) is 5.00. The van der Waals surface area contributed by atoms with Crippen LogP contribution in [-0.2, 0) is 0 Å². The summed E-state index contributed by atoms with van der Waals surface area (Å²) >= 11 is 3.37. The van der Waals surface area contributed by atoms with Crippen molar-refractivity contribution in [3.63, 3.8) is 0 Å². The summed E-state index contributed by atoms with van der Waals surface area (Å²) in [7, 11) is 1.86. The van der Waals surface area contributed by atoms with E-state index in [1.807, 2.05) is 31.3 Å². The molecule has 0 radical (unpaired) electrons. The number of benzene rings is 1. The number of rotatable bonds is 4. The molecule has 0 spiro atoms. The zero-order chi connectivity index (χ0) is 12.1. The highest BCUT2D eigenvalue weighted by Crippen LogP contribution is 2.14. The van der Waals surface area contributed by atoms with E-state index in [1.165, 1.54) is 0 Å². The molecule has 2 nitrogen and oxygen atoms in total. The summed E-state index contributed by atoms with van der Waals surface area (Å²) in [5.41, 5.74) is 0.736. The molecule has 1 amide bonds. The van der Waals surface area contributed by atoms with Crippen LogP contribution in [0.5, 0.6) is 0 Å². The van der Waals surface area contributed by atoms with Crippen molar-refractivity contribution in [1.29, 1.82) is 0 Å². The first-order chi connectivity index (χ1) is 7.54. The number of hydrogen-bond donors (Lipinski definition) is 0. The summed E-state index contributed by atoms with van der Waals surface area (Å²) in [6.07, 6.45) is 1.09. The van der Waals surface area contributed by atoms with Gasteiger partial charge < -0.3 is 4.90 Å². The van der Waals surface area contributed by atoms with Gasteiger partial charge >= 0.3 is 0 Å². The highest BCUT2D eigenvalue weighted by molar-refractivity contribution is 9.10. The minimum atomic E-state index is 0.0848. The number of amides is 1. The predicted molar refractivity (Wildman–Crippen MR) is 70.6 cm³/mol. The molecule has 1 rings (SSSR count). The van der Waals surface area contributed by atoms with Gasteiger partial charge in [-0.2, -0.15) is 0 Å². The van der Waals surface area contributed by atoms with Gasteiger partial charge in [0.05, 0.1) is 0 Å². The van der Waals surface area contributed by atoms with Crippen LogP contribution in [0.4, 0.5) is 0 Å². The van der Waals surface area contributed by atoms with Crippen LogP contribution in [0.1, 0.15) is 30.6 Å². The molecular formula is C13H18BrNO. The van der Waals surface area contributed by atoms with E-state index in [2.05, 4.69) is 29.8 Å².